The van der Waals surface area contributed by atoms with Gasteiger partial charge in [0.15, 0.2) is 23.3 Å². The minimum absolute atomic E-state index is 0.0871. The third kappa shape index (κ3) is 2.06. The Balaban J connectivity index is 2.45. The lowest BCUT2D eigenvalue weighted by Gasteiger charge is -2.33. The molecule has 1 aromatic rings. The van der Waals surface area contributed by atoms with Gasteiger partial charge in [0.1, 0.15) is 0 Å². The molecule has 17 heavy (non-hydrogen) atoms. The number of halogens is 2. The number of nitrogens with zero attached hydrogens (tertiary/aromatic N) is 2. The summed E-state index contributed by atoms with van der Waals surface area (Å²) in [7, 11) is 1.57. The minimum Gasteiger partial charge on any atom is -0.371 e. The van der Waals surface area contributed by atoms with Crippen LogP contribution in [-0.2, 0) is 0 Å². The van der Waals surface area contributed by atoms with Crippen molar-refractivity contribution in [2.24, 2.45) is 0 Å². The molecule has 2 rings (SSSR count). The Hall–Kier alpha value is -1.39. The summed E-state index contributed by atoms with van der Waals surface area (Å²) in [5.41, 5.74) is -0.128. The van der Waals surface area contributed by atoms with Crippen molar-refractivity contribution in [3.63, 3.8) is 0 Å². The van der Waals surface area contributed by atoms with Gasteiger partial charge in [-0.2, -0.15) is 0 Å². The predicted octanol–water partition coefficient (Wildman–Crippen LogP) is 2.78. The molecule has 0 bridgehead atoms. The van der Waals surface area contributed by atoms with Gasteiger partial charge in [0.05, 0.1) is 0 Å². The Kier molecular flexibility index (Phi) is 2.93. The first-order chi connectivity index (χ1) is 7.95. The van der Waals surface area contributed by atoms with Crippen LogP contribution in [0.25, 0.3) is 0 Å². The van der Waals surface area contributed by atoms with Crippen molar-refractivity contribution in [1.82, 2.24) is 4.98 Å². The monoisotopic (exact) mass is 241 g/mol. The molecule has 1 saturated heterocycles. The van der Waals surface area contributed by atoms with E-state index in [1.165, 1.54) is 0 Å². The Labute approximate surface area is 99.8 Å². The number of hydrogen-bond donors (Lipinski definition) is 1. The highest BCUT2D eigenvalue weighted by atomic mass is 19.1. The van der Waals surface area contributed by atoms with Gasteiger partial charge in [-0.1, -0.05) is 0 Å². The van der Waals surface area contributed by atoms with E-state index < -0.39 is 11.6 Å². The average molecular weight is 241 g/mol. The molecular weight excluding hydrogens is 224 g/mol. The molecule has 1 aliphatic heterocycles. The maximum atomic E-state index is 13.8. The van der Waals surface area contributed by atoms with E-state index in [2.05, 4.69) is 10.3 Å². The molecule has 94 valence electrons. The summed E-state index contributed by atoms with van der Waals surface area (Å²) in [6.45, 7) is 4.85. The van der Waals surface area contributed by atoms with Crippen LogP contribution in [0.3, 0.4) is 0 Å². The van der Waals surface area contributed by atoms with Gasteiger partial charge in [0.2, 0.25) is 0 Å². The lowest BCUT2D eigenvalue weighted by atomic mass is 10.0. The van der Waals surface area contributed by atoms with E-state index in [9.17, 15) is 8.78 Å². The van der Waals surface area contributed by atoms with Gasteiger partial charge in [-0.3, -0.25) is 0 Å². The summed E-state index contributed by atoms with van der Waals surface area (Å²) >= 11 is 0. The smallest absolute Gasteiger partial charge is 0.168 e. The highest BCUT2D eigenvalue weighted by Crippen LogP contribution is 2.34. The van der Waals surface area contributed by atoms with Crippen LogP contribution in [0, 0.1) is 11.6 Å². The fraction of sp³-hybridized carbons (Fsp3) is 0.583. The number of hydrogen-bond acceptors (Lipinski definition) is 3. The van der Waals surface area contributed by atoms with E-state index in [4.69, 9.17) is 0 Å². The van der Waals surface area contributed by atoms with E-state index in [-0.39, 0.29) is 17.2 Å². The van der Waals surface area contributed by atoms with Crippen molar-refractivity contribution >= 4 is 11.6 Å². The van der Waals surface area contributed by atoms with Crippen molar-refractivity contribution < 1.29 is 8.78 Å². The van der Waals surface area contributed by atoms with E-state index >= 15 is 0 Å². The standard InChI is InChI=1S/C12H17F2N3/c1-12(2)5-4-6-17(12)11-9(14)7-8(13)10(15-3)16-11/h7H,4-6H2,1-3H3,(H,15,16). The molecule has 2 heterocycles. The van der Waals surface area contributed by atoms with Crippen molar-refractivity contribution in [1.29, 1.82) is 0 Å². The summed E-state index contributed by atoms with van der Waals surface area (Å²) in [5, 5.41) is 2.63. The highest BCUT2D eigenvalue weighted by molar-refractivity contribution is 5.51. The first kappa shape index (κ1) is 12.1. The topological polar surface area (TPSA) is 28.2 Å². The van der Waals surface area contributed by atoms with Gasteiger partial charge in [0, 0.05) is 25.2 Å². The molecule has 1 aliphatic rings. The Morgan fingerprint density at radius 3 is 2.59 bits per heavy atom. The molecular formula is C12H17F2N3. The molecule has 0 atom stereocenters. The van der Waals surface area contributed by atoms with E-state index in [1.54, 1.807) is 7.05 Å². The summed E-state index contributed by atoms with van der Waals surface area (Å²) in [6, 6.07) is 0.891. The fourth-order valence-electron chi connectivity index (χ4n) is 2.32. The van der Waals surface area contributed by atoms with Gasteiger partial charge in [-0.05, 0) is 26.7 Å². The number of nitrogens with one attached hydrogen (secondary N) is 1. The van der Waals surface area contributed by atoms with Crippen LogP contribution in [0.2, 0.25) is 0 Å². The summed E-state index contributed by atoms with van der Waals surface area (Å²) in [4.78, 5) is 5.94. The van der Waals surface area contributed by atoms with Gasteiger partial charge >= 0.3 is 0 Å². The van der Waals surface area contributed by atoms with E-state index in [0.717, 1.165) is 25.5 Å². The molecule has 1 fully saturated rings. The number of aromatic nitrogens is 1. The maximum Gasteiger partial charge on any atom is 0.168 e. The van der Waals surface area contributed by atoms with Crippen molar-refractivity contribution in [2.45, 2.75) is 32.2 Å². The Morgan fingerprint density at radius 2 is 2.06 bits per heavy atom. The van der Waals surface area contributed by atoms with Crippen LogP contribution in [-0.4, -0.2) is 24.1 Å². The van der Waals surface area contributed by atoms with Crippen LogP contribution >= 0.6 is 0 Å². The number of anilines is 2. The predicted molar refractivity (Wildman–Crippen MR) is 64.4 cm³/mol. The Morgan fingerprint density at radius 1 is 1.35 bits per heavy atom. The molecule has 5 heteroatoms. The van der Waals surface area contributed by atoms with Gasteiger partial charge in [-0.25, -0.2) is 13.8 Å². The molecule has 0 unspecified atom stereocenters. The Bertz CT molecular complexity index is 432. The van der Waals surface area contributed by atoms with E-state index in [0.29, 0.717) is 0 Å². The van der Waals surface area contributed by atoms with Crippen LogP contribution in [0.5, 0.6) is 0 Å². The summed E-state index contributed by atoms with van der Waals surface area (Å²) in [6.07, 6.45) is 1.99. The van der Waals surface area contributed by atoms with Gasteiger partial charge < -0.3 is 10.2 Å². The van der Waals surface area contributed by atoms with Crippen LogP contribution in [0.15, 0.2) is 6.07 Å². The molecule has 0 amide bonds. The molecule has 1 N–H and O–H groups in total. The third-order valence-electron chi connectivity index (χ3n) is 3.30. The highest BCUT2D eigenvalue weighted by Gasteiger charge is 2.34. The quantitative estimate of drug-likeness (QED) is 0.863. The first-order valence-corrected chi connectivity index (χ1v) is 5.77. The van der Waals surface area contributed by atoms with Gasteiger partial charge in [0.25, 0.3) is 0 Å². The molecule has 0 saturated carbocycles. The normalized spacial score (nSPS) is 18.5. The third-order valence-corrected chi connectivity index (χ3v) is 3.30. The second-order valence-electron chi connectivity index (χ2n) is 4.94. The molecule has 3 nitrogen and oxygen atoms in total. The second-order valence-corrected chi connectivity index (χ2v) is 4.94. The van der Waals surface area contributed by atoms with Crippen LogP contribution in [0.1, 0.15) is 26.7 Å². The largest absolute Gasteiger partial charge is 0.371 e. The molecule has 0 aromatic carbocycles. The maximum absolute atomic E-state index is 13.8. The van der Waals surface area contributed by atoms with Gasteiger partial charge in [-0.15, -0.1) is 0 Å². The number of pyridine rings is 1. The first-order valence-electron chi connectivity index (χ1n) is 5.77. The van der Waals surface area contributed by atoms with E-state index in [1.807, 2.05) is 18.7 Å². The zero-order valence-corrected chi connectivity index (χ0v) is 10.3. The zero-order chi connectivity index (χ0) is 12.6. The van der Waals surface area contributed by atoms with Crippen molar-refractivity contribution in [3.05, 3.63) is 17.7 Å². The van der Waals surface area contributed by atoms with Crippen molar-refractivity contribution in [3.8, 4) is 0 Å². The average Bonchev–Trinajstić information content (AvgIpc) is 2.59. The SMILES string of the molecule is CNc1nc(N2CCCC2(C)C)c(F)cc1F. The zero-order valence-electron chi connectivity index (χ0n) is 10.3. The molecule has 0 spiro atoms. The summed E-state index contributed by atoms with van der Waals surface area (Å²) in [5.74, 6) is -0.940. The lowest BCUT2D eigenvalue weighted by Crippen LogP contribution is -2.39. The van der Waals surface area contributed by atoms with Crippen molar-refractivity contribution in [2.75, 3.05) is 23.8 Å². The van der Waals surface area contributed by atoms with Crippen LogP contribution < -0.4 is 10.2 Å². The second kappa shape index (κ2) is 4.13. The lowest BCUT2D eigenvalue weighted by molar-refractivity contribution is 0.497. The summed E-state index contributed by atoms with van der Waals surface area (Å²) < 4.78 is 27.1. The van der Waals surface area contributed by atoms with Crippen LogP contribution in [0.4, 0.5) is 20.4 Å². The molecule has 0 radical (unpaired) electrons. The number of rotatable bonds is 2. The molecule has 1 aromatic heterocycles. The molecule has 0 aliphatic carbocycles. The minimum atomic E-state index is -0.661. The fourth-order valence-corrected chi connectivity index (χ4v) is 2.32.